The van der Waals surface area contributed by atoms with Crippen LogP contribution in [0.2, 0.25) is 0 Å². The van der Waals surface area contributed by atoms with Crippen molar-refractivity contribution in [2.24, 2.45) is 0 Å². The van der Waals surface area contributed by atoms with E-state index in [2.05, 4.69) is 59.2 Å². The van der Waals surface area contributed by atoms with Crippen molar-refractivity contribution in [3.63, 3.8) is 0 Å². The largest absolute Gasteiger partial charge is 0.369 e. The Morgan fingerprint density at radius 2 is 1.64 bits per heavy atom. The highest BCUT2D eigenvalue weighted by molar-refractivity contribution is 5.97. The van der Waals surface area contributed by atoms with Gasteiger partial charge in [0.05, 0.1) is 6.54 Å². The number of piperazine rings is 1. The maximum absolute atomic E-state index is 12.9. The van der Waals surface area contributed by atoms with Gasteiger partial charge in [0.25, 0.3) is 0 Å². The number of para-hydroxylation sites is 2. The lowest BCUT2D eigenvalue weighted by atomic mass is 10.1. The molecule has 4 heteroatoms. The molecule has 130 valence electrons. The zero-order valence-electron chi connectivity index (χ0n) is 14.8. The number of carbonyl (C=O) groups excluding carboxylic acids is 1. The van der Waals surface area contributed by atoms with Crippen LogP contribution in [0.4, 0.5) is 11.4 Å². The zero-order chi connectivity index (χ0) is 17.2. The molecule has 2 aliphatic rings. The lowest BCUT2D eigenvalue weighted by molar-refractivity contribution is -0.120. The van der Waals surface area contributed by atoms with Gasteiger partial charge in [-0.25, -0.2) is 0 Å². The minimum Gasteiger partial charge on any atom is -0.369 e. The molecule has 1 amide bonds. The molecule has 2 heterocycles. The molecule has 2 aromatic carbocycles. The lowest BCUT2D eigenvalue weighted by Crippen LogP contribution is -2.51. The molecule has 0 bridgehead atoms. The van der Waals surface area contributed by atoms with Crippen LogP contribution >= 0.6 is 0 Å². The fourth-order valence-electron chi connectivity index (χ4n) is 4.02. The van der Waals surface area contributed by atoms with Crippen LogP contribution in [0, 0.1) is 0 Å². The van der Waals surface area contributed by atoms with Crippen molar-refractivity contribution in [2.45, 2.75) is 19.4 Å². The smallest absolute Gasteiger partial charge is 0.241 e. The van der Waals surface area contributed by atoms with Gasteiger partial charge in [-0.2, -0.15) is 0 Å². The van der Waals surface area contributed by atoms with E-state index in [1.165, 1.54) is 11.3 Å². The van der Waals surface area contributed by atoms with Crippen molar-refractivity contribution in [2.75, 3.05) is 42.5 Å². The van der Waals surface area contributed by atoms with Gasteiger partial charge in [0.1, 0.15) is 0 Å². The average molecular weight is 335 g/mol. The molecule has 0 spiro atoms. The molecule has 2 aliphatic heterocycles. The molecule has 0 unspecified atom stereocenters. The van der Waals surface area contributed by atoms with Gasteiger partial charge in [0.2, 0.25) is 5.91 Å². The Bertz CT molecular complexity index is 738. The summed E-state index contributed by atoms with van der Waals surface area (Å²) in [5.41, 5.74) is 3.66. The molecule has 4 nitrogen and oxygen atoms in total. The van der Waals surface area contributed by atoms with Gasteiger partial charge in [-0.3, -0.25) is 9.69 Å². The second-order valence-corrected chi connectivity index (χ2v) is 7.04. The molecule has 0 radical (unpaired) electrons. The van der Waals surface area contributed by atoms with Crippen LogP contribution < -0.4 is 9.80 Å². The first-order valence-electron chi connectivity index (χ1n) is 9.15. The third kappa shape index (κ3) is 3.27. The number of anilines is 2. The fourth-order valence-corrected chi connectivity index (χ4v) is 4.02. The molecule has 1 atom stereocenters. The second kappa shape index (κ2) is 6.89. The molecule has 0 aliphatic carbocycles. The van der Waals surface area contributed by atoms with E-state index in [9.17, 15) is 4.79 Å². The molecule has 0 aromatic heterocycles. The Morgan fingerprint density at radius 1 is 0.960 bits per heavy atom. The summed E-state index contributed by atoms with van der Waals surface area (Å²) < 4.78 is 0. The van der Waals surface area contributed by atoms with Crippen molar-refractivity contribution in [3.8, 4) is 0 Å². The Morgan fingerprint density at radius 3 is 2.40 bits per heavy atom. The topological polar surface area (TPSA) is 26.8 Å². The first-order chi connectivity index (χ1) is 12.2. The highest BCUT2D eigenvalue weighted by atomic mass is 16.2. The summed E-state index contributed by atoms with van der Waals surface area (Å²) in [5.74, 6) is 0.227. The summed E-state index contributed by atoms with van der Waals surface area (Å²) in [6.45, 7) is 6.48. The summed E-state index contributed by atoms with van der Waals surface area (Å²) in [7, 11) is 0. The Balaban J connectivity index is 1.37. The molecule has 1 saturated heterocycles. The van der Waals surface area contributed by atoms with Crippen molar-refractivity contribution >= 4 is 17.3 Å². The van der Waals surface area contributed by atoms with Crippen LogP contribution in [0.15, 0.2) is 54.6 Å². The highest BCUT2D eigenvalue weighted by Gasteiger charge is 2.31. The minimum atomic E-state index is 0.227. The Hall–Kier alpha value is -2.33. The van der Waals surface area contributed by atoms with E-state index in [-0.39, 0.29) is 11.9 Å². The maximum Gasteiger partial charge on any atom is 0.241 e. The number of nitrogens with zero attached hydrogens (tertiary/aromatic N) is 3. The van der Waals surface area contributed by atoms with E-state index < -0.39 is 0 Å². The van der Waals surface area contributed by atoms with Gasteiger partial charge in [-0.1, -0.05) is 36.4 Å². The Labute approximate surface area is 149 Å². The Kier molecular flexibility index (Phi) is 4.45. The number of amides is 1. The maximum atomic E-state index is 12.9. The number of carbonyl (C=O) groups is 1. The molecular weight excluding hydrogens is 310 g/mol. The van der Waals surface area contributed by atoms with E-state index >= 15 is 0 Å². The van der Waals surface area contributed by atoms with Crippen LogP contribution in [0.3, 0.4) is 0 Å². The third-order valence-corrected chi connectivity index (χ3v) is 5.33. The first kappa shape index (κ1) is 16.2. The number of fused-ring (bicyclic) bond motifs is 1. The average Bonchev–Trinajstić information content (AvgIpc) is 2.99. The summed E-state index contributed by atoms with van der Waals surface area (Å²) in [6.07, 6.45) is 0.962. The monoisotopic (exact) mass is 335 g/mol. The van der Waals surface area contributed by atoms with Crippen molar-refractivity contribution in [1.82, 2.24) is 4.90 Å². The van der Waals surface area contributed by atoms with Crippen LogP contribution in [0.5, 0.6) is 0 Å². The van der Waals surface area contributed by atoms with Crippen LogP contribution in [-0.4, -0.2) is 49.6 Å². The van der Waals surface area contributed by atoms with Crippen LogP contribution in [-0.2, 0) is 11.2 Å². The van der Waals surface area contributed by atoms with Gasteiger partial charge < -0.3 is 9.80 Å². The van der Waals surface area contributed by atoms with Gasteiger partial charge in [-0.05, 0) is 37.1 Å². The SMILES string of the molecule is C[C@@H]1Cc2ccccc2N1C(=O)CN1CCN(c2ccccc2)CC1. The van der Waals surface area contributed by atoms with Crippen molar-refractivity contribution in [3.05, 3.63) is 60.2 Å². The summed E-state index contributed by atoms with van der Waals surface area (Å²) in [5, 5.41) is 0. The molecule has 1 fully saturated rings. The summed E-state index contributed by atoms with van der Waals surface area (Å²) in [6, 6.07) is 19.1. The van der Waals surface area contributed by atoms with Gasteiger partial charge in [0.15, 0.2) is 0 Å². The molecule has 4 rings (SSSR count). The number of benzene rings is 2. The standard InChI is InChI=1S/C21H25N3O/c1-17-15-18-7-5-6-10-20(18)24(17)21(25)16-22-11-13-23(14-12-22)19-8-3-2-4-9-19/h2-10,17H,11-16H2,1H3/t17-/m1/s1. The third-order valence-electron chi connectivity index (χ3n) is 5.33. The van der Waals surface area contributed by atoms with Crippen molar-refractivity contribution < 1.29 is 4.79 Å². The lowest BCUT2D eigenvalue weighted by Gasteiger charge is -2.36. The van der Waals surface area contributed by atoms with Gasteiger partial charge in [0, 0.05) is 43.6 Å². The van der Waals surface area contributed by atoms with E-state index in [4.69, 9.17) is 0 Å². The molecule has 0 saturated carbocycles. The molecular formula is C21H25N3O. The fraction of sp³-hybridized carbons (Fsp3) is 0.381. The predicted molar refractivity (Wildman–Crippen MR) is 102 cm³/mol. The summed E-state index contributed by atoms with van der Waals surface area (Å²) >= 11 is 0. The van der Waals surface area contributed by atoms with E-state index in [1.807, 2.05) is 17.0 Å². The van der Waals surface area contributed by atoms with Gasteiger partial charge in [-0.15, -0.1) is 0 Å². The number of hydrogen-bond donors (Lipinski definition) is 0. The summed E-state index contributed by atoms with van der Waals surface area (Å²) in [4.78, 5) is 19.6. The quantitative estimate of drug-likeness (QED) is 0.863. The van der Waals surface area contributed by atoms with Gasteiger partial charge >= 0.3 is 0 Å². The van der Waals surface area contributed by atoms with Crippen LogP contribution in [0.25, 0.3) is 0 Å². The highest BCUT2D eigenvalue weighted by Crippen LogP contribution is 2.31. The number of rotatable bonds is 3. The molecule has 25 heavy (non-hydrogen) atoms. The second-order valence-electron chi connectivity index (χ2n) is 7.04. The molecule has 2 aromatic rings. The zero-order valence-corrected chi connectivity index (χ0v) is 14.8. The number of hydrogen-bond acceptors (Lipinski definition) is 3. The van der Waals surface area contributed by atoms with E-state index in [0.29, 0.717) is 6.54 Å². The first-order valence-corrected chi connectivity index (χ1v) is 9.15. The van der Waals surface area contributed by atoms with E-state index in [0.717, 1.165) is 38.3 Å². The molecule has 0 N–H and O–H groups in total. The predicted octanol–water partition coefficient (Wildman–Crippen LogP) is 2.79. The normalized spacial score (nSPS) is 20.6. The van der Waals surface area contributed by atoms with Crippen molar-refractivity contribution in [1.29, 1.82) is 0 Å². The van der Waals surface area contributed by atoms with Crippen LogP contribution in [0.1, 0.15) is 12.5 Å². The van der Waals surface area contributed by atoms with E-state index in [1.54, 1.807) is 0 Å². The minimum absolute atomic E-state index is 0.227.